The number of aliphatic hydroxyl groups excluding tert-OH is 1. The summed E-state index contributed by atoms with van der Waals surface area (Å²) in [5.74, 6) is 0.598. The standard InChI is InChI=1S/C13H20OS/c1-4-13(5-2)10(8-12(13)14)11-7-6-9(3)15-11/h6-7,10,12,14H,4-5,8H2,1-3H3. The van der Waals surface area contributed by atoms with Crippen LogP contribution in [0.4, 0.5) is 0 Å². The largest absolute Gasteiger partial charge is 0.393 e. The maximum Gasteiger partial charge on any atom is 0.0608 e. The molecule has 15 heavy (non-hydrogen) atoms. The quantitative estimate of drug-likeness (QED) is 0.830. The minimum atomic E-state index is -0.0834. The van der Waals surface area contributed by atoms with E-state index >= 15 is 0 Å². The molecule has 0 bridgehead atoms. The van der Waals surface area contributed by atoms with Gasteiger partial charge in [-0.2, -0.15) is 0 Å². The summed E-state index contributed by atoms with van der Waals surface area (Å²) < 4.78 is 0. The van der Waals surface area contributed by atoms with Crippen molar-refractivity contribution in [2.24, 2.45) is 5.41 Å². The lowest BCUT2D eigenvalue weighted by molar-refractivity contribution is -0.0920. The highest BCUT2D eigenvalue weighted by molar-refractivity contribution is 7.12. The van der Waals surface area contributed by atoms with E-state index in [2.05, 4.69) is 32.9 Å². The van der Waals surface area contributed by atoms with Gasteiger partial charge in [0.25, 0.3) is 0 Å². The molecule has 2 atom stereocenters. The molecule has 0 spiro atoms. The molecule has 1 heterocycles. The van der Waals surface area contributed by atoms with Crippen molar-refractivity contribution >= 4 is 11.3 Å². The molecule has 1 aliphatic rings. The summed E-state index contributed by atoms with van der Waals surface area (Å²) in [5.41, 5.74) is 0.164. The predicted molar refractivity (Wildman–Crippen MR) is 65.4 cm³/mol. The normalized spacial score (nSPS) is 28.8. The summed E-state index contributed by atoms with van der Waals surface area (Å²) in [4.78, 5) is 2.86. The Labute approximate surface area is 96.1 Å². The second-order valence-corrected chi connectivity index (χ2v) is 6.01. The van der Waals surface area contributed by atoms with Crippen LogP contribution in [-0.2, 0) is 0 Å². The van der Waals surface area contributed by atoms with Gasteiger partial charge in [0.2, 0.25) is 0 Å². The van der Waals surface area contributed by atoms with E-state index in [1.54, 1.807) is 0 Å². The molecule has 0 aliphatic heterocycles. The van der Waals surface area contributed by atoms with Crippen LogP contribution in [0.1, 0.15) is 48.8 Å². The van der Waals surface area contributed by atoms with Crippen molar-refractivity contribution in [1.29, 1.82) is 0 Å². The Bertz CT molecular complexity index is 338. The summed E-state index contributed by atoms with van der Waals surface area (Å²) in [6.07, 6.45) is 3.06. The van der Waals surface area contributed by atoms with Crippen molar-refractivity contribution < 1.29 is 5.11 Å². The zero-order chi connectivity index (χ0) is 11.1. The third-order valence-electron chi connectivity index (χ3n) is 4.24. The Hall–Kier alpha value is -0.340. The summed E-state index contributed by atoms with van der Waals surface area (Å²) in [7, 11) is 0. The van der Waals surface area contributed by atoms with Gasteiger partial charge in [-0.05, 0) is 38.3 Å². The Morgan fingerprint density at radius 2 is 2.07 bits per heavy atom. The van der Waals surface area contributed by atoms with Gasteiger partial charge in [0.1, 0.15) is 0 Å². The van der Waals surface area contributed by atoms with Crippen LogP contribution < -0.4 is 0 Å². The van der Waals surface area contributed by atoms with Gasteiger partial charge >= 0.3 is 0 Å². The Morgan fingerprint density at radius 3 is 2.47 bits per heavy atom. The predicted octanol–water partition coefficient (Wildman–Crippen LogP) is 3.71. The van der Waals surface area contributed by atoms with Gasteiger partial charge in [-0.3, -0.25) is 0 Å². The topological polar surface area (TPSA) is 20.2 Å². The van der Waals surface area contributed by atoms with E-state index in [4.69, 9.17) is 0 Å². The number of aliphatic hydroxyl groups is 1. The zero-order valence-corrected chi connectivity index (χ0v) is 10.6. The molecular weight excluding hydrogens is 204 g/mol. The number of rotatable bonds is 3. The molecular formula is C13H20OS. The highest BCUT2D eigenvalue weighted by Gasteiger charge is 2.52. The van der Waals surface area contributed by atoms with Gasteiger partial charge in [-0.1, -0.05) is 13.8 Å². The van der Waals surface area contributed by atoms with Crippen molar-refractivity contribution in [1.82, 2.24) is 0 Å². The highest BCUT2D eigenvalue weighted by Crippen LogP contribution is 2.58. The van der Waals surface area contributed by atoms with Crippen LogP contribution in [-0.4, -0.2) is 11.2 Å². The maximum absolute atomic E-state index is 10.0. The van der Waals surface area contributed by atoms with Crippen LogP contribution in [0.5, 0.6) is 0 Å². The van der Waals surface area contributed by atoms with Crippen molar-refractivity contribution in [2.45, 2.75) is 52.1 Å². The Balaban J connectivity index is 2.25. The fourth-order valence-electron chi connectivity index (χ4n) is 3.02. The summed E-state index contributed by atoms with van der Waals surface area (Å²) in [6, 6.07) is 4.44. The fourth-order valence-corrected chi connectivity index (χ4v) is 4.14. The smallest absolute Gasteiger partial charge is 0.0608 e. The molecule has 2 unspecified atom stereocenters. The minimum absolute atomic E-state index is 0.0834. The van der Waals surface area contributed by atoms with Crippen molar-refractivity contribution in [3.63, 3.8) is 0 Å². The molecule has 1 fully saturated rings. The summed E-state index contributed by atoms with van der Waals surface area (Å²) >= 11 is 1.90. The SMILES string of the molecule is CCC1(CC)C(O)CC1c1ccc(C)s1. The van der Waals surface area contributed by atoms with Gasteiger partial charge in [0.05, 0.1) is 6.10 Å². The van der Waals surface area contributed by atoms with E-state index < -0.39 is 0 Å². The molecule has 0 radical (unpaired) electrons. The van der Waals surface area contributed by atoms with Crippen LogP contribution in [0.15, 0.2) is 12.1 Å². The van der Waals surface area contributed by atoms with Gasteiger partial charge in [-0.25, -0.2) is 0 Å². The highest BCUT2D eigenvalue weighted by atomic mass is 32.1. The Morgan fingerprint density at radius 1 is 1.40 bits per heavy atom. The lowest BCUT2D eigenvalue weighted by Gasteiger charge is -2.53. The molecule has 0 saturated heterocycles. The van der Waals surface area contributed by atoms with Gasteiger partial charge in [0.15, 0.2) is 0 Å². The molecule has 1 aliphatic carbocycles. The molecule has 1 aromatic rings. The van der Waals surface area contributed by atoms with E-state index in [0.29, 0.717) is 5.92 Å². The molecule has 0 aromatic carbocycles. The van der Waals surface area contributed by atoms with Gasteiger partial charge in [-0.15, -0.1) is 11.3 Å². The summed E-state index contributed by atoms with van der Waals surface area (Å²) in [6.45, 7) is 6.57. The molecule has 84 valence electrons. The van der Waals surface area contributed by atoms with E-state index in [1.807, 2.05) is 11.3 Å². The van der Waals surface area contributed by atoms with E-state index in [1.165, 1.54) is 9.75 Å². The van der Waals surface area contributed by atoms with Gasteiger partial charge in [0, 0.05) is 21.1 Å². The van der Waals surface area contributed by atoms with E-state index in [-0.39, 0.29) is 11.5 Å². The first-order valence-corrected chi connectivity index (χ1v) is 6.70. The number of thiophene rings is 1. The average Bonchev–Trinajstić information content (AvgIpc) is 2.63. The van der Waals surface area contributed by atoms with E-state index in [0.717, 1.165) is 19.3 Å². The molecule has 0 amide bonds. The Kier molecular flexibility index (Phi) is 2.91. The third-order valence-corrected chi connectivity index (χ3v) is 5.35. The number of hydrogen-bond acceptors (Lipinski definition) is 2. The number of hydrogen-bond donors (Lipinski definition) is 1. The lowest BCUT2D eigenvalue weighted by Crippen LogP contribution is -2.50. The monoisotopic (exact) mass is 224 g/mol. The minimum Gasteiger partial charge on any atom is -0.393 e. The second kappa shape index (κ2) is 3.91. The lowest BCUT2D eigenvalue weighted by atomic mass is 9.54. The first-order valence-electron chi connectivity index (χ1n) is 5.88. The molecule has 1 N–H and O–H groups in total. The molecule has 1 aromatic heterocycles. The summed E-state index contributed by atoms with van der Waals surface area (Å²) in [5, 5.41) is 10.0. The van der Waals surface area contributed by atoms with Crippen LogP contribution in [0.3, 0.4) is 0 Å². The van der Waals surface area contributed by atoms with Crippen LogP contribution >= 0.6 is 11.3 Å². The average molecular weight is 224 g/mol. The molecule has 1 saturated carbocycles. The molecule has 2 rings (SSSR count). The van der Waals surface area contributed by atoms with Crippen LogP contribution in [0.25, 0.3) is 0 Å². The van der Waals surface area contributed by atoms with Crippen LogP contribution in [0, 0.1) is 12.3 Å². The van der Waals surface area contributed by atoms with Crippen molar-refractivity contribution in [2.75, 3.05) is 0 Å². The third kappa shape index (κ3) is 1.55. The van der Waals surface area contributed by atoms with Gasteiger partial charge < -0.3 is 5.11 Å². The zero-order valence-electron chi connectivity index (χ0n) is 9.79. The number of aryl methyl sites for hydroxylation is 1. The molecule has 1 nitrogen and oxygen atoms in total. The molecule has 2 heteroatoms. The first kappa shape index (κ1) is 11.2. The van der Waals surface area contributed by atoms with Crippen molar-refractivity contribution in [3.8, 4) is 0 Å². The fraction of sp³-hybridized carbons (Fsp3) is 0.692. The van der Waals surface area contributed by atoms with Crippen molar-refractivity contribution in [3.05, 3.63) is 21.9 Å². The first-order chi connectivity index (χ1) is 7.14. The van der Waals surface area contributed by atoms with E-state index in [9.17, 15) is 5.11 Å². The second-order valence-electron chi connectivity index (χ2n) is 4.69. The maximum atomic E-state index is 10.0. The van der Waals surface area contributed by atoms with Crippen LogP contribution in [0.2, 0.25) is 0 Å².